The van der Waals surface area contributed by atoms with Crippen molar-refractivity contribution >= 4 is 34.3 Å². The second-order valence-corrected chi connectivity index (χ2v) is 9.00. The van der Waals surface area contributed by atoms with Gasteiger partial charge in [0, 0.05) is 19.6 Å². The molecule has 0 aliphatic heterocycles. The van der Waals surface area contributed by atoms with Gasteiger partial charge in [-0.05, 0) is 38.0 Å². The van der Waals surface area contributed by atoms with Gasteiger partial charge in [0.25, 0.3) is 5.56 Å². The van der Waals surface area contributed by atoms with Crippen LogP contribution in [0.2, 0.25) is 0 Å². The Bertz CT molecular complexity index is 1300. The largest absolute Gasteiger partial charge is 0.338 e. The van der Waals surface area contributed by atoms with E-state index in [4.69, 9.17) is 0 Å². The van der Waals surface area contributed by atoms with Crippen LogP contribution in [0.3, 0.4) is 0 Å². The Labute approximate surface area is 191 Å². The minimum Gasteiger partial charge on any atom is -0.338 e. The number of benzene rings is 2. The number of para-hydroxylation sites is 1. The minimum atomic E-state index is -0.351. The van der Waals surface area contributed by atoms with Crippen LogP contribution in [-0.4, -0.2) is 41.8 Å². The monoisotopic (exact) mass is 449 g/mol. The molecule has 2 heterocycles. The molecule has 1 amide bonds. The smallest absolute Gasteiger partial charge is 0.262 e. The fraction of sp³-hybridized carbons (Fsp3) is 0.333. The molecular formula is C24H27N5O2S. The maximum absolute atomic E-state index is 13.2. The molecule has 0 aliphatic rings. The third-order valence-electron chi connectivity index (χ3n) is 5.47. The zero-order valence-corrected chi connectivity index (χ0v) is 19.4. The Morgan fingerprint density at radius 1 is 1.06 bits per heavy atom. The van der Waals surface area contributed by atoms with E-state index in [2.05, 4.69) is 10.2 Å². The highest BCUT2D eigenvalue weighted by molar-refractivity contribution is 8.00. The molecule has 0 bridgehead atoms. The fourth-order valence-corrected chi connectivity index (χ4v) is 4.79. The lowest BCUT2D eigenvalue weighted by Crippen LogP contribution is -2.36. The van der Waals surface area contributed by atoms with E-state index in [9.17, 15) is 9.59 Å². The number of hydrogen-bond donors (Lipinski definition) is 0. The topological polar surface area (TPSA) is 72.5 Å². The Morgan fingerprint density at radius 2 is 1.78 bits per heavy atom. The molecule has 4 rings (SSSR count). The molecule has 0 saturated carbocycles. The molecule has 1 atom stereocenters. The summed E-state index contributed by atoms with van der Waals surface area (Å²) in [7, 11) is 0. The first-order chi connectivity index (χ1) is 15.5. The van der Waals surface area contributed by atoms with Crippen molar-refractivity contribution in [3.8, 4) is 0 Å². The number of fused-ring (bicyclic) bond motifs is 3. The number of aryl methyl sites for hydroxylation is 1. The molecule has 4 aromatic rings. The van der Waals surface area contributed by atoms with E-state index in [0.29, 0.717) is 36.0 Å². The van der Waals surface area contributed by atoms with Crippen LogP contribution >= 0.6 is 11.8 Å². The van der Waals surface area contributed by atoms with Crippen LogP contribution in [0.1, 0.15) is 32.8 Å². The summed E-state index contributed by atoms with van der Waals surface area (Å²) in [6, 6.07) is 17.5. The summed E-state index contributed by atoms with van der Waals surface area (Å²) in [6.07, 6.45) is 0.809. The van der Waals surface area contributed by atoms with Crippen LogP contribution in [0.15, 0.2) is 64.5 Å². The van der Waals surface area contributed by atoms with Crippen LogP contribution in [0.25, 0.3) is 16.7 Å². The van der Waals surface area contributed by atoms with Gasteiger partial charge in [0.15, 0.2) is 5.16 Å². The van der Waals surface area contributed by atoms with Crippen molar-refractivity contribution in [2.24, 2.45) is 0 Å². The van der Waals surface area contributed by atoms with E-state index >= 15 is 0 Å². The minimum absolute atomic E-state index is 0.0456. The van der Waals surface area contributed by atoms with E-state index in [1.165, 1.54) is 11.8 Å². The van der Waals surface area contributed by atoms with Crippen molar-refractivity contribution in [1.29, 1.82) is 0 Å². The van der Waals surface area contributed by atoms with Crippen LogP contribution in [0.4, 0.5) is 0 Å². The number of nitrogens with zero attached hydrogens (tertiary/aromatic N) is 5. The van der Waals surface area contributed by atoms with Gasteiger partial charge in [-0.1, -0.05) is 61.2 Å². The number of carbonyl (C=O) groups excluding carboxylic acids is 1. The summed E-state index contributed by atoms with van der Waals surface area (Å²) in [5, 5.41) is 9.57. The summed E-state index contributed by atoms with van der Waals surface area (Å²) in [6.45, 7) is 7.66. The van der Waals surface area contributed by atoms with E-state index < -0.39 is 0 Å². The predicted molar refractivity (Wildman–Crippen MR) is 128 cm³/mol. The van der Waals surface area contributed by atoms with E-state index in [0.717, 1.165) is 17.5 Å². The maximum atomic E-state index is 13.2. The number of carbonyl (C=O) groups is 1. The molecule has 32 heavy (non-hydrogen) atoms. The van der Waals surface area contributed by atoms with Gasteiger partial charge < -0.3 is 4.90 Å². The second-order valence-electron chi connectivity index (χ2n) is 7.69. The summed E-state index contributed by atoms with van der Waals surface area (Å²) in [4.78, 5) is 28.1. The van der Waals surface area contributed by atoms with Crippen LogP contribution in [-0.2, 0) is 17.9 Å². The standard InChI is InChI=1S/C24H27N5O2S/c1-4-15-28-22(31)19-13-9-10-14-20(19)29-23(28)25-26-24(29)32-17(3)21(30)27(5-2)16-18-11-7-6-8-12-18/h6-14,17H,4-5,15-16H2,1-3H3. The van der Waals surface area contributed by atoms with Crippen molar-refractivity contribution in [2.45, 2.75) is 50.7 Å². The van der Waals surface area contributed by atoms with Crippen molar-refractivity contribution in [3.05, 3.63) is 70.5 Å². The number of thioether (sulfide) groups is 1. The van der Waals surface area contributed by atoms with Crippen molar-refractivity contribution in [2.75, 3.05) is 6.54 Å². The highest BCUT2D eigenvalue weighted by Gasteiger charge is 2.24. The normalized spacial score (nSPS) is 12.3. The average molecular weight is 450 g/mol. The van der Waals surface area contributed by atoms with E-state index in [1.54, 1.807) is 4.57 Å². The highest BCUT2D eigenvalue weighted by Crippen LogP contribution is 2.26. The van der Waals surface area contributed by atoms with Crippen molar-refractivity contribution in [3.63, 3.8) is 0 Å². The molecule has 166 valence electrons. The third-order valence-corrected chi connectivity index (χ3v) is 6.50. The molecule has 0 N–H and O–H groups in total. The molecular weight excluding hydrogens is 422 g/mol. The van der Waals surface area contributed by atoms with Crippen LogP contribution in [0, 0.1) is 0 Å². The Hall–Kier alpha value is -3.13. The van der Waals surface area contributed by atoms with Gasteiger partial charge in [-0.3, -0.25) is 18.6 Å². The van der Waals surface area contributed by atoms with Gasteiger partial charge in [-0.25, -0.2) is 0 Å². The van der Waals surface area contributed by atoms with E-state index in [-0.39, 0.29) is 16.7 Å². The molecule has 0 aliphatic carbocycles. The van der Waals surface area contributed by atoms with Crippen LogP contribution < -0.4 is 5.56 Å². The first-order valence-corrected chi connectivity index (χ1v) is 11.8. The fourth-order valence-electron chi connectivity index (χ4n) is 3.85. The van der Waals surface area contributed by atoms with Gasteiger partial charge in [-0.2, -0.15) is 0 Å². The molecule has 8 heteroatoms. The molecule has 0 spiro atoms. The molecule has 1 unspecified atom stereocenters. The molecule has 2 aromatic heterocycles. The van der Waals surface area contributed by atoms with Crippen molar-refractivity contribution < 1.29 is 4.79 Å². The Kier molecular flexibility index (Phi) is 6.60. The van der Waals surface area contributed by atoms with Crippen LogP contribution in [0.5, 0.6) is 0 Å². The SMILES string of the molecule is CCCn1c(=O)c2ccccc2n2c(SC(C)C(=O)N(CC)Cc3ccccc3)nnc12. The third kappa shape index (κ3) is 4.14. The lowest BCUT2D eigenvalue weighted by atomic mass is 10.2. The number of rotatable bonds is 8. The molecule has 2 aromatic carbocycles. The second kappa shape index (κ2) is 9.56. The lowest BCUT2D eigenvalue weighted by molar-refractivity contribution is -0.130. The van der Waals surface area contributed by atoms with Gasteiger partial charge >= 0.3 is 0 Å². The molecule has 0 saturated heterocycles. The van der Waals surface area contributed by atoms with Gasteiger partial charge in [-0.15, -0.1) is 10.2 Å². The predicted octanol–water partition coefficient (Wildman–Crippen LogP) is 3.98. The zero-order chi connectivity index (χ0) is 22.7. The summed E-state index contributed by atoms with van der Waals surface area (Å²) in [5.41, 5.74) is 1.79. The van der Waals surface area contributed by atoms with Gasteiger partial charge in [0.1, 0.15) is 0 Å². The average Bonchev–Trinajstić information content (AvgIpc) is 3.23. The highest BCUT2D eigenvalue weighted by atomic mass is 32.2. The van der Waals surface area contributed by atoms with Gasteiger partial charge in [0.2, 0.25) is 11.7 Å². The Morgan fingerprint density at radius 3 is 2.50 bits per heavy atom. The number of amides is 1. The first kappa shape index (κ1) is 22.1. The Balaban J connectivity index is 1.68. The number of aromatic nitrogens is 4. The van der Waals surface area contributed by atoms with Gasteiger partial charge in [0.05, 0.1) is 16.2 Å². The lowest BCUT2D eigenvalue weighted by Gasteiger charge is -2.24. The quantitative estimate of drug-likeness (QED) is 0.381. The zero-order valence-electron chi connectivity index (χ0n) is 18.6. The summed E-state index contributed by atoms with van der Waals surface area (Å²) >= 11 is 1.37. The van der Waals surface area contributed by atoms with Crippen molar-refractivity contribution in [1.82, 2.24) is 24.1 Å². The summed E-state index contributed by atoms with van der Waals surface area (Å²) in [5.74, 6) is 0.554. The number of hydrogen-bond acceptors (Lipinski definition) is 5. The van der Waals surface area contributed by atoms with E-state index in [1.807, 2.05) is 84.7 Å². The molecule has 0 fully saturated rings. The molecule has 7 nitrogen and oxygen atoms in total. The summed E-state index contributed by atoms with van der Waals surface area (Å²) < 4.78 is 3.56. The maximum Gasteiger partial charge on any atom is 0.262 e. The molecule has 0 radical (unpaired) electrons. The first-order valence-electron chi connectivity index (χ1n) is 10.9.